The van der Waals surface area contributed by atoms with Crippen LogP contribution in [0.4, 0.5) is 0 Å². The van der Waals surface area contributed by atoms with Gasteiger partial charge in [0, 0.05) is 11.8 Å². The molecule has 4 heteroatoms. The molecule has 0 unspecified atom stereocenters. The zero-order valence-corrected chi connectivity index (χ0v) is 13.3. The van der Waals surface area contributed by atoms with Crippen molar-refractivity contribution in [3.63, 3.8) is 0 Å². The second-order valence-electron chi connectivity index (χ2n) is 5.70. The van der Waals surface area contributed by atoms with Gasteiger partial charge in [0.25, 0.3) is 0 Å². The van der Waals surface area contributed by atoms with Gasteiger partial charge in [-0.2, -0.15) is 0 Å². The van der Waals surface area contributed by atoms with Crippen LogP contribution in [0.2, 0.25) is 0 Å². The summed E-state index contributed by atoms with van der Waals surface area (Å²) in [5.74, 6) is 1.09. The maximum absolute atomic E-state index is 11.9. The number of nitrogens with one attached hydrogen (secondary N) is 1. The summed E-state index contributed by atoms with van der Waals surface area (Å²) in [6, 6.07) is 9.96. The molecule has 1 aromatic rings. The topological polar surface area (TPSA) is 49.3 Å². The van der Waals surface area contributed by atoms with Gasteiger partial charge in [-0.05, 0) is 18.4 Å². The molecule has 0 spiro atoms. The minimum absolute atomic E-state index is 0.104. The average Bonchev–Trinajstić information content (AvgIpc) is 2.76. The number of aliphatic hydroxyl groups excluding tert-OH is 1. The highest BCUT2D eigenvalue weighted by atomic mass is 32.2. The summed E-state index contributed by atoms with van der Waals surface area (Å²) in [5.41, 5.74) is 0.911. The molecule has 0 aliphatic heterocycles. The van der Waals surface area contributed by atoms with E-state index in [1.54, 1.807) is 0 Å². The Morgan fingerprint density at radius 2 is 1.86 bits per heavy atom. The van der Waals surface area contributed by atoms with E-state index in [9.17, 15) is 9.90 Å². The highest BCUT2D eigenvalue weighted by molar-refractivity contribution is 7.99. The monoisotopic (exact) mass is 307 g/mol. The first-order valence-corrected chi connectivity index (χ1v) is 9.01. The molecule has 2 N–H and O–H groups in total. The van der Waals surface area contributed by atoms with Crippen LogP contribution in [-0.2, 0) is 4.79 Å². The summed E-state index contributed by atoms with van der Waals surface area (Å²) < 4.78 is 0. The van der Waals surface area contributed by atoms with E-state index in [2.05, 4.69) is 5.32 Å². The summed E-state index contributed by atoms with van der Waals surface area (Å²) >= 11 is 1.50. The molecule has 1 aliphatic carbocycles. The fraction of sp³-hybridized carbons (Fsp3) is 0.588. The van der Waals surface area contributed by atoms with Crippen molar-refractivity contribution in [1.29, 1.82) is 0 Å². The van der Waals surface area contributed by atoms with E-state index in [0.717, 1.165) is 18.4 Å². The molecular formula is C17H25NO2S. The van der Waals surface area contributed by atoms with E-state index in [-0.39, 0.29) is 5.91 Å². The van der Waals surface area contributed by atoms with Crippen molar-refractivity contribution < 1.29 is 9.90 Å². The molecule has 3 nitrogen and oxygen atoms in total. The number of carbonyl (C=O) groups is 1. The Morgan fingerprint density at radius 3 is 2.52 bits per heavy atom. The highest BCUT2D eigenvalue weighted by Crippen LogP contribution is 2.19. The zero-order chi connectivity index (χ0) is 14.9. The van der Waals surface area contributed by atoms with Crippen molar-refractivity contribution >= 4 is 17.7 Å². The standard InChI is InChI=1S/C17H25NO2S/c19-16(14-8-4-3-5-9-14)12-21-13-17(20)18-15-10-6-1-2-7-11-15/h3-5,8-9,15-16,19H,1-2,6-7,10-13H2,(H,18,20)/t16-/m1/s1. The molecule has 21 heavy (non-hydrogen) atoms. The average molecular weight is 307 g/mol. The van der Waals surface area contributed by atoms with Gasteiger partial charge in [-0.25, -0.2) is 0 Å². The lowest BCUT2D eigenvalue weighted by molar-refractivity contribution is -0.119. The molecule has 1 aromatic carbocycles. The first-order chi connectivity index (χ1) is 10.3. The van der Waals surface area contributed by atoms with Gasteiger partial charge in [0.15, 0.2) is 0 Å². The van der Waals surface area contributed by atoms with Crippen LogP contribution in [-0.4, -0.2) is 28.6 Å². The Kier molecular flexibility index (Phi) is 7.10. The van der Waals surface area contributed by atoms with Gasteiger partial charge >= 0.3 is 0 Å². The molecule has 0 aromatic heterocycles. The molecular weight excluding hydrogens is 282 g/mol. The van der Waals surface area contributed by atoms with Gasteiger partial charge in [0.05, 0.1) is 11.9 Å². The van der Waals surface area contributed by atoms with Crippen molar-refractivity contribution in [3.05, 3.63) is 35.9 Å². The number of hydrogen-bond donors (Lipinski definition) is 2. The molecule has 0 bridgehead atoms. The van der Waals surface area contributed by atoms with Crippen molar-refractivity contribution in [2.24, 2.45) is 0 Å². The first kappa shape index (κ1) is 16.4. The second-order valence-corrected chi connectivity index (χ2v) is 6.73. The van der Waals surface area contributed by atoms with Crippen LogP contribution < -0.4 is 5.32 Å². The van der Waals surface area contributed by atoms with E-state index in [1.807, 2.05) is 30.3 Å². The summed E-state index contributed by atoms with van der Waals surface area (Å²) in [6.07, 6.45) is 6.78. The molecule has 1 saturated carbocycles. The second kappa shape index (κ2) is 9.11. The van der Waals surface area contributed by atoms with Gasteiger partial charge in [0.1, 0.15) is 0 Å². The summed E-state index contributed by atoms with van der Waals surface area (Å²) in [5, 5.41) is 13.2. The summed E-state index contributed by atoms with van der Waals surface area (Å²) in [4.78, 5) is 11.9. The van der Waals surface area contributed by atoms with Crippen LogP contribution in [0.15, 0.2) is 30.3 Å². The molecule has 0 radical (unpaired) electrons. The summed E-state index contributed by atoms with van der Waals surface area (Å²) in [6.45, 7) is 0. The first-order valence-electron chi connectivity index (χ1n) is 7.86. The molecule has 116 valence electrons. The van der Waals surface area contributed by atoms with E-state index in [1.165, 1.54) is 37.4 Å². The predicted octanol–water partition coefficient (Wildman–Crippen LogP) is 3.29. The maximum atomic E-state index is 11.9. The Bertz CT molecular complexity index is 416. The molecule has 1 atom stereocenters. The Labute approximate surface area is 131 Å². The minimum atomic E-state index is -0.498. The fourth-order valence-electron chi connectivity index (χ4n) is 2.73. The van der Waals surface area contributed by atoms with Crippen molar-refractivity contribution in [1.82, 2.24) is 5.32 Å². The number of carbonyl (C=O) groups excluding carboxylic acids is 1. The smallest absolute Gasteiger partial charge is 0.230 e. The largest absolute Gasteiger partial charge is 0.388 e. The van der Waals surface area contributed by atoms with Crippen LogP contribution in [0.5, 0.6) is 0 Å². The maximum Gasteiger partial charge on any atom is 0.230 e. The number of rotatable bonds is 6. The van der Waals surface area contributed by atoms with Gasteiger partial charge in [-0.15, -0.1) is 11.8 Å². The normalized spacial score (nSPS) is 18.0. The lowest BCUT2D eigenvalue weighted by Gasteiger charge is -2.16. The van der Waals surface area contributed by atoms with Gasteiger partial charge < -0.3 is 10.4 Å². The minimum Gasteiger partial charge on any atom is -0.388 e. The number of aliphatic hydroxyl groups is 1. The zero-order valence-electron chi connectivity index (χ0n) is 12.5. The Hall–Kier alpha value is -1.00. The third-order valence-corrected chi connectivity index (χ3v) is 4.93. The quantitative estimate of drug-likeness (QED) is 0.793. The number of hydrogen-bond acceptors (Lipinski definition) is 3. The molecule has 0 heterocycles. The van der Waals surface area contributed by atoms with E-state index >= 15 is 0 Å². The van der Waals surface area contributed by atoms with Crippen molar-refractivity contribution in [3.8, 4) is 0 Å². The lowest BCUT2D eigenvalue weighted by Crippen LogP contribution is -2.35. The molecule has 1 amide bonds. The van der Waals surface area contributed by atoms with Gasteiger partial charge in [-0.1, -0.05) is 56.0 Å². The molecule has 1 fully saturated rings. The lowest BCUT2D eigenvalue weighted by atomic mass is 10.1. The fourth-order valence-corrected chi connectivity index (χ4v) is 3.53. The van der Waals surface area contributed by atoms with Gasteiger partial charge in [0.2, 0.25) is 5.91 Å². The number of amides is 1. The van der Waals surface area contributed by atoms with E-state index in [4.69, 9.17) is 0 Å². The van der Waals surface area contributed by atoms with Crippen molar-refractivity contribution in [2.75, 3.05) is 11.5 Å². The van der Waals surface area contributed by atoms with Crippen LogP contribution in [0, 0.1) is 0 Å². The van der Waals surface area contributed by atoms with E-state index < -0.39 is 6.10 Å². The highest BCUT2D eigenvalue weighted by Gasteiger charge is 2.15. The number of benzene rings is 1. The number of thioether (sulfide) groups is 1. The van der Waals surface area contributed by atoms with Crippen LogP contribution >= 0.6 is 11.8 Å². The Morgan fingerprint density at radius 1 is 1.19 bits per heavy atom. The predicted molar refractivity (Wildman–Crippen MR) is 88.4 cm³/mol. The Balaban J connectivity index is 1.64. The van der Waals surface area contributed by atoms with E-state index in [0.29, 0.717) is 17.5 Å². The SMILES string of the molecule is O=C(CSC[C@@H](O)c1ccccc1)NC1CCCCCC1. The van der Waals surface area contributed by atoms with Crippen LogP contribution in [0.25, 0.3) is 0 Å². The molecule has 0 saturated heterocycles. The van der Waals surface area contributed by atoms with Crippen LogP contribution in [0.1, 0.15) is 50.2 Å². The molecule has 1 aliphatic rings. The third-order valence-electron chi connectivity index (χ3n) is 3.91. The van der Waals surface area contributed by atoms with Gasteiger partial charge in [-0.3, -0.25) is 4.79 Å². The van der Waals surface area contributed by atoms with Crippen LogP contribution in [0.3, 0.4) is 0 Å². The molecule has 2 rings (SSSR count). The third kappa shape index (κ3) is 6.10. The van der Waals surface area contributed by atoms with Crippen molar-refractivity contribution in [2.45, 2.75) is 50.7 Å². The summed E-state index contributed by atoms with van der Waals surface area (Å²) in [7, 11) is 0.